The summed E-state index contributed by atoms with van der Waals surface area (Å²) in [5.41, 5.74) is 0.492. The van der Waals surface area contributed by atoms with Crippen LogP contribution in [-0.4, -0.2) is 13.3 Å². The molecule has 2 aromatic carbocycles. The Labute approximate surface area is 120 Å². The van der Waals surface area contributed by atoms with Gasteiger partial charge in [-0.3, -0.25) is 10.1 Å². The van der Waals surface area contributed by atoms with Gasteiger partial charge >= 0.3 is 0 Å². The number of aryl methyl sites for hydroxylation is 1. The Kier molecular flexibility index (Phi) is 3.78. The van der Waals surface area contributed by atoms with Gasteiger partial charge in [-0.25, -0.2) is 8.42 Å². The molecule has 0 saturated heterocycles. The van der Waals surface area contributed by atoms with Crippen molar-refractivity contribution in [1.82, 2.24) is 0 Å². The Bertz CT molecular complexity index is 769. The highest BCUT2D eigenvalue weighted by molar-refractivity contribution is 7.91. The molecule has 0 aliphatic carbocycles. The lowest BCUT2D eigenvalue weighted by Gasteiger charge is -2.06. The van der Waals surface area contributed by atoms with Crippen LogP contribution < -0.4 is 0 Å². The molecule has 0 spiro atoms. The van der Waals surface area contributed by atoms with Crippen molar-refractivity contribution in [2.24, 2.45) is 0 Å². The summed E-state index contributed by atoms with van der Waals surface area (Å²) >= 11 is 5.86. The van der Waals surface area contributed by atoms with Gasteiger partial charge in [-0.15, -0.1) is 0 Å². The van der Waals surface area contributed by atoms with Gasteiger partial charge in [0.1, 0.15) is 0 Å². The lowest BCUT2D eigenvalue weighted by atomic mass is 10.2. The van der Waals surface area contributed by atoms with Gasteiger partial charge < -0.3 is 0 Å². The summed E-state index contributed by atoms with van der Waals surface area (Å²) in [7, 11) is -3.70. The van der Waals surface area contributed by atoms with Crippen molar-refractivity contribution in [2.45, 2.75) is 16.7 Å². The fourth-order valence-corrected chi connectivity index (χ4v) is 3.13. The van der Waals surface area contributed by atoms with Crippen molar-refractivity contribution in [3.05, 3.63) is 63.2 Å². The van der Waals surface area contributed by atoms with Crippen molar-refractivity contribution < 1.29 is 13.3 Å². The first-order valence-corrected chi connectivity index (χ1v) is 7.44. The highest BCUT2D eigenvalue weighted by Gasteiger charge is 2.19. The minimum absolute atomic E-state index is 0.00447. The molecule has 104 valence electrons. The van der Waals surface area contributed by atoms with Crippen LogP contribution in [0, 0.1) is 17.0 Å². The smallest absolute Gasteiger partial charge is 0.258 e. The summed E-state index contributed by atoms with van der Waals surface area (Å²) in [5.74, 6) is 0. The summed E-state index contributed by atoms with van der Waals surface area (Å²) in [4.78, 5) is 10.1. The molecule has 2 rings (SSSR count). The molecule has 0 saturated carbocycles. The fraction of sp³-hybridized carbons (Fsp3) is 0.0769. The van der Waals surface area contributed by atoms with Crippen molar-refractivity contribution in [3.8, 4) is 0 Å². The van der Waals surface area contributed by atoms with Crippen LogP contribution in [0.15, 0.2) is 52.3 Å². The van der Waals surface area contributed by atoms with E-state index in [1.807, 2.05) is 0 Å². The Hall–Kier alpha value is -1.92. The second kappa shape index (κ2) is 5.22. The van der Waals surface area contributed by atoms with Gasteiger partial charge in [0.05, 0.1) is 14.7 Å². The standard InChI is InChI=1S/C13H10ClNO4S/c1-9-8-12(6-7-13(9)14)20(18,19)11-4-2-10(3-5-11)15(16)17/h2-8H,1H3. The summed E-state index contributed by atoms with van der Waals surface area (Å²) in [6.07, 6.45) is 0. The SMILES string of the molecule is Cc1cc(S(=O)(=O)c2ccc([N+](=O)[O-])cc2)ccc1Cl. The molecule has 5 nitrogen and oxygen atoms in total. The number of sulfone groups is 1. The summed E-state index contributed by atoms with van der Waals surface area (Å²) in [5, 5.41) is 11.0. The van der Waals surface area contributed by atoms with E-state index < -0.39 is 14.8 Å². The molecule has 0 aromatic heterocycles. The fourth-order valence-electron chi connectivity index (χ4n) is 1.67. The highest BCUT2D eigenvalue weighted by Crippen LogP contribution is 2.26. The molecule has 0 radical (unpaired) electrons. The average molecular weight is 312 g/mol. The van der Waals surface area contributed by atoms with Crippen LogP contribution in [-0.2, 0) is 9.84 Å². The number of hydrogen-bond donors (Lipinski definition) is 0. The summed E-state index contributed by atoms with van der Waals surface area (Å²) in [6.45, 7) is 1.71. The molecule has 0 bridgehead atoms. The van der Waals surface area contributed by atoms with E-state index in [0.717, 1.165) is 12.1 Å². The van der Waals surface area contributed by atoms with Crippen molar-refractivity contribution in [3.63, 3.8) is 0 Å². The third-order valence-electron chi connectivity index (χ3n) is 2.80. The first-order valence-electron chi connectivity index (χ1n) is 5.58. The minimum Gasteiger partial charge on any atom is -0.258 e. The average Bonchev–Trinajstić information content (AvgIpc) is 2.41. The van der Waals surface area contributed by atoms with Crippen LogP contribution in [0.1, 0.15) is 5.56 Å². The van der Waals surface area contributed by atoms with Crippen LogP contribution in [0.5, 0.6) is 0 Å². The molecule has 7 heteroatoms. The first-order chi connectivity index (χ1) is 9.32. The number of nitrogens with zero attached hydrogens (tertiary/aromatic N) is 1. The molecule has 0 N–H and O–H groups in total. The lowest BCUT2D eigenvalue weighted by Crippen LogP contribution is -2.02. The number of nitro groups is 1. The largest absolute Gasteiger partial charge is 0.269 e. The van der Waals surface area contributed by atoms with Gasteiger partial charge in [-0.05, 0) is 42.8 Å². The molecule has 0 atom stereocenters. The van der Waals surface area contributed by atoms with E-state index in [-0.39, 0.29) is 15.5 Å². The number of benzene rings is 2. The molecule has 0 unspecified atom stereocenters. The quantitative estimate of drug-likeness (QED) is 0.643. The number of nitro benzene ring substituents is 1. The highest BCUT2D eigenvalue weighted by atomic mass is 35.5. The second-order valence-corrected chi connectivity index (χ2v) is 6.52. The molecule has 0 aliphatic heterocycles. The van der Waals surface area contributed by atoms with Gasteiger partial charge in [0.2, 0.25) is 9.84 Å². The number of non-ortho nitro benzene ring substituents is 1. The van der Waals surface area contributed by atoms with Crippen molar-refractivity contribution >= 4 is 27.1 Å². The van der Waals surface area contributed by atoms with Gasteiger partial charge in [0, 0.05) is 17.2 Å². The number of halogens is 1. The first kappa shape index (κ1) is 14.5. The summed E-state index contributed by atoms with van der Waals surface area (Å²) < 4.78 is 24.7. The Morgan fingerprint density at radius 2 is 1.60 bits per heavy atom. The Morgan fingerprint density at radius 3 is 2.10 bits per heavy atom. The van der Waals surface area contributed by atoms with E-state index in [9.17, 15) is 18.5 Å². The molecular weight excluding hydrogens is 302 g/mol. The molecular formula is C13H10ClNO4S. The third kappa shape index (κ3) is 2.66. The minimum atomic E-state index is -3.70. The van der Waals surface area contributed by atoms with Crippen LogP contribution in [0.4, 0.5) is 5.69 Å². The Morgan fingerprint density at radius 1 is 1.05 bits per heavy atom. The zero-order valence-electron chi connectivity index (χ0n) is 10.4. The maximum Gasteiger partial charge on any atom is 0.269 e. The van der Waals surface area contributed by atoms with E-state index in [1.54, 1.807) is 6.92 Å². The maximum atomic E-state index is 12.4. The van der Waals surface area contributed by atoms with E-state index in [2.05, 4.69) is 0 Å². The van der Waals surface area contributed by atoms with Crippen molar-refractivity contribution in [1.29, 1.82) is 0 Å². The number of rotatable bonds is 3. The van der Waals surface area contributed by atoms with E-state index >= 15 is 0 Å². The second-order valence-electron chi connectivity index (χ2n) is 4.17. The topological polar surface area (TPSA) is 77.3 Å². The summed E-state index contributed by atoms with van der Waals surface area (Å²) in [6, 6.07) is 9.15. The van der Waals surface area contributed by atoms with Crippen LogP contribution in [0.3, 0.4) is 0 Å². The predicted molar refractivity (Wildman–Crippen MR) is 74.7 cm³/mol. The molecule has 2 aromatic rings. The maximum absolute atomic E-state index is 12.4. The monoisotopic (exact) mass is 311 g/mol. The normalized spacial score (nSPS) is 11.3. The van der Waals surface area contributed by atoms with E-state index in [4.69, 9.17) is 11.6 Å². The van der Waals surface area contributed by atoms with Gasteiger partial charge in [0.25, 0.3) is 5.69 Å². The van der Waals surface area contributed by atoms with Gasteiger partial charge in [0.15, 0.2) is 0 Å². The molecule has 0 fully saturated rings. The van der Waals surface area contributed by atoms with Crippen LogP contribution in [0.2, 0.25) is 5.02 Å². The van der Waals surface area contributed by atoms with E-state index in [0.29, 0.717) is 10.6 Å². The lowest BCUT2D eigenvalue weighted by molar-refractivity contribution is -0.384. The predicted octanol–water partition coefficient (Wildman–Crippen LogP) is 3.39. The molecule has 0 amide bonds. The molecule has 0 heterocycles. The zero-order valence-corrected chi connectivity index (χ0v) is 12.0. The zero-order chi connectivity index (χ0) is 14.9. The number of hydrogen-bond acceptors (Lipinski definition) is 4. The van der Waals surface area contributed by atoms with Crippen molar-refractivity contribution in [2.75, 3.05) is 0 Å². The van der Waals surface area contributed by atoms with Crippen LogP contribution >= 0.6 is 11.6 Å². The van der Waals surface area contributed by atoms with Gasteiger partial charge in [-0.1, -0.05) is 11.6 Å². The molecule has 20 heavy (non-hydrogen) atoms. The van der Waals surface area contributed by atoms with Gasteiger partial charge in [-0.2, -0.15) is 0 Å². The van der Waals surface area contributed by atoms with E-state index in [1.165, 1.54) is 30.3 Å². The Balaban J connectivity index is 2.49. The van der Waals surface area contributed by atoms with Crippen LogP contribution in [0.25, 0.3) is 0 Å². The third-order valence-corrected chi connectivity index (χ3v) is 4.99. The molecule has 0 aliphatic rings.